The van der Waals surface area contributed by atoms with E-state index in [1.807, 2.05) is 33.8 Å². The molecule has 0 saturated heterocycles. The van der Waals surface area contributed by atoms with Crippen LogP contribution in [0.4, 0.5) is 0 Å². The highest BCUT2D eigenvalue weighted by Gasteiger charge is 2.28. The predicted octanol–water partition coefficient (Wildman–Crippen LogP) is 2.33. The van der Waals surface area contributed by atoms with E-state index in [0.29, 0.717) is 24.7 Å². The van der Waals surface area contributed by atoms with Gasteiger partial charge in [-0.2, -0.15) is 5.26 Å². The fraction of sp³-hybridized carbons (Fsp3) is 0.900. The predicted molar refractivity (Wildman–Crippen MR) is 49.5 cm³/mol. The second-order valence-electron chi connectivity index (χ2n) is 4.34. The maximum absolute atomic E-state index is 9.80. The van der Waals surface area contributed by atoms with Gasteiger partial charge in [0.1, 0.15) is 0 Å². The summed E-state index contributed by atoms with van der Waals surface area (Å²) in [6.07, 6.45) is 1.14. The maximum atomic E-state index is 9.80. The van der Waals surface area contributed by atoms with E-state index in [1.54, 1.807) is 0 Å². The van der Waals surface area contributed by atoms with Gasteiger partial charge in [0, 0.05) is 0 Å². The molecule has 2 nitrogen and oxygen atoms in total. The molecule has 0 saturated carbocycles. The van der Waals surface area contributed by atoms with Crippen LogP contribution in [0.1, 0.15) is 40.5 Å². The summed E-state index contributed by atoms with van der Waals surface area (Å²) >= 11 is 0. The minimum Gasteiger partial charge on any atom is -0.375 e. The smallest absolute Gasteiger partial charge is 0.151 e. The van der Waals surface area contributed by atoms with E-state index in [0.717, 1.165) is 0 Å². The van der Waals surface area contributed by atoms with Crippen LogP contribution in [0.3, 0.4) is 0 Å². The number of rotatable bonds is 4. The van der Waals surface area contributed by atoms with Crippen LogP contribution in [0.25, 0.3) is 0 Å². The second-order valence-corrected chi connectivity index (χ2v) is 4.34. The van der Waals surface area contributed by atoms with Gasteiger partial charge < -0.3 is 5.11 Å². The number of nitrogens with zero attached hydrogens (tertiary/aromatic N) is 1. The van der Waals surface area contributed by atoms with Gasteiger partial charge in [0.05, 0.1) is 6.07 Å². The molecule has 0 aliphatic rings. The quantitative estimate of drug-likeness (QED) is 0.656. The topological polar surface area (TPSA) is 44.0 Å². The molecule has 0 aromatic heterocycles. The van der Waals surface area contributed by atoms with Gasteiger partial charge in [0.2, 0.25) is 0 Å². The standard InChI is InChI=1S/C10H19NO/c1-8(2)5-10(12,7-11)6-9(3)4/h8-9,12H,5-6H2,1-4H3. The third-order valence-electron chi connectivity index (χ3n) is 1.70. The SMILES string of the molecule is CC(C)CC(O)(C#N)CC(C)C. The first-order valence-electron chi connectivity index (χ1n) is 4.53. The fourth-order valence-corrected chi connectivity index (χ4v) is 1.53. The summed E-state index contributed by atoms with van der Waals surface area (Å²) < 4.78 is 0. The molecule has 12 heavy (non-hydrogen) atoms. The van der Waals surface area contributed by atoms with Crippen molar-refractivity contribution in [1.82, 2.24) is 0 Å². The van der Waals surface area contributed by atoms with E-state index in [4.69, 9.17) is 5.26 Å². The van der Waals surface area contributed by atoms with Crippen molar-refractivity contribution in [3.63, 3.8) is 0 Å². The summed E-state index contributed by atoms with van der Waals surface area (Å²) in [5.74, 6) is 0.738. The highest BCUT2D eigenvalue weighted by Crippen LogP contribution is 2.23. The number of hydrogen-bond donors (Lipinski definition) is 1. The third-order valence-corrected chi connectivity index (χ3v) is 1.70. The molecular weight excluding hydrogens is 150 g/mol. The minimum absolute atomic E-state index is 0.369. The number of nitriles is 1. The van der Waals surface area contributed by atoms with Crippen molar-refractivity contribution < 1.29 is 5.11 Å². The second kappa shape index (κ2) is 4.47. The summed E-state index contributed by atoms with van der Waals surface area (Å²) in [6.45, 7) is 8.07. The Bertz CT molecular complexity index is 157. The lowest BCUT2D eigenvalue weighted by Crippen LogP contribution is -2.30. The normalized spacial score (nSPS) is 12.2. The Kier molecular flexibility index (Phi) is 4.26. The zero-order valence-electron chi connectivity index (χ0n) is 8.46. The van der Waals surface area contributed by atoms with Crippen LogP contribution in [0.15, 0.2) is 0 Å². The number of aliphatic hydroxyl groups is 1. The Hall–Kier alpha value is -0.550. The average molecular weight is 169 g/mol. The molecule has 0 radical (unpaired) electrons. The molecule has 0 spiro atoms. The monoisotopic (exact) mass is 169 g/mol. The summed E-state index contributed by atoms with van der Waals surface area (Å²) in [4.78, 5) is 0. The van der Waals surface area contributed by atoms with Gasteiger partial charge >= 0.3 is 0 Å². The molecule has 0 unspecified atom stereocenters. The molecule has 0 aliphatic carbocycles. The lowest BCUT2D eigenvalue weighted by molar-refractivity contribution is 0.0546. The van der Waals surface area contributed by atoms with Gasteiger partial charge in [0.25, 0.3) is 0 Å². The van der Waals surface area contributed by atoms with E-state index in [9.17, 15) is 5.11 Å². The molecule has 1 N–H and O–H groups in total. The molecule has 0 aromatic carbocycles. The molecule has 0 bridgehead atoms. The molecule has 0 aliphatic heterocycles. The Morgan fingerprint density at radius 2 is 1.50 bits per heavy atom. The van der Waals surface area contributed by atoms with Crippen LogP contribution in [0, 0.1) is 23.2 Å². The zero-order valence-corrected chi connectivity index (χ0v) is 8.46. The van der Waals surface area contributed by atoms with Gasteiger partial charge in [-0.1, -0.05) is 27.7 Å². The van der Waals surface area contributed by atoms with Crippen LogP contribution < -0.4 is 0 Å². The Morgan fingerprint density at radius 1 is 1.17 bits per heavy atom. The van der Waals surface area contributed by atoms with Crippen molar-refractivity contribution in [2.24, 2.45) is 11.8 Å². The van der Waals surface area contributed by atoms with Crippen molar-refractivity contribution >= 4 is 0 Å². The summed E-state index contributed by atoms with van der Waals surface area (Å²) in [6, 6.07) is 2.00. The van der Waals surface area contributed by atoms with Crippen LogP contribution in [-0.2, 0) is 0 Å². The molecule has 70 valence electrons. The minimum atomic E-state index is -1.11. The van der Waals surface area contributed by atoms with E-state index in [1.165, 1.54) is 0 Å². The van der Waals surface area contributed by atoms with Crippen molar-refractivity contribution in [2.75, 3.05) is 0 Å². The molecule has 0 aromatic rings. The van der Waals surface area contributed by atoms with Crippen LogP contribution >= 0.6 is 0 Å². The van der Waals surface area contributed by atoms with Gasteiger partial charge in [-0.3, -0.25) is 0 Å². The van der Waals surface area contributed by atoms with Crippen molar-refractivity contribution in [2.45, 2.75) is 46.1 Å². The van der Waals surface area contributed by atoms with Crippen molar-refractivity contribution in [3.05, 3.63) is 0 Å². The van der Waals surface area contributed by atoms with E-state index < -0.39 is 5.60 Å². The van der Waals surface area contributed by atoms with Gasteiger partial charge in [-0.05, 0) is 24.7 Å². The Morgan fingerprint density at radius 3 is 1.67 bits per heavy atom. The van der Waals surface area contributed by atoms with Gasteiger partial charge in [0.15, 0.2) is 5.60 Å². The van der Waals surface area contributed by atoms with Crippen LogP contribution in [0.5, 0.6) is 0 Å². The summed E-state index contributed by atoms with van der Waals surface area (Å²) in [5.41, 5.74) is -1.11. The first-order valence-corrected chi connectivity index (χ1v) is 4.53. The lowest BCUT2D eigenvalue weighted by atomic mass is 9.86. The average Bonchev–Trinajstić information content (AvgIpc) is 1.83. The largest absolute Gasteiger partial charge is 0.375 e. The van der Waals surface area contributed by atoms with E-state index >= 15 is 0 Å². The lowest BCUT2D eigenvalue weighted by Gasteiger charge is -2.23. The highest BCUT2D eigenvalue weighted by molar-refractivity contribution is 5.00. The zero-order chi connectivity index (χ0) is 9.78. The summed E-state index contributed by atoms with van der Waals surface area (Å²) in [7, 11) is 0. The fourth-order valence-electron chi connectivity index (χ4n) is 1.53. The molecule has 0 heterocycles. The molecule has 0 amide bonds. The molecular formula is C10H19NO. The van der Waals surface area contributed by atoms with Crippen molar-refractivity contribution in [1.29, 1.82) is 5.26 Å². The Labute approximate surface area is 75.2 Å². The first-order chi connectivity index (χ1) is 5.39. The first kappa shape index (κ1) is 11.4. The van der Waals surface area contributed by atoms with Crippen LogP contribution in [0.2, 0.25) is 0 Å². The van der Waals surface area contributed by atoms with Gasteiger partial charge in [-0.25, -0.2) is 0 Å². The van der Waals surface area contributed by atoms with Crippen LogP contribution in [-0.4, -0.2) is 10.7 Å². The Balaban J connectivity index is 4.17. The van der Waals surface area contributed by atoms with Crippen molar-refractivity contribution in [3.8, 4) is 6.07 Å². The number of hydrogen-bond acceptors (Lipinski definition) is 2. The van der Waals surface area contributed by atoms with Gasteiger partial charge in [-0.15, -0.1) is 0 Å². The molecule has 0 atom stereocenters. The molecule has 0 rings (SSSR count). The van der Waals surface area contributed by atoms with E-state index in [2.05, 4.69) is 0 Å². The maximum Gasteiger partial charge on any atom is 0.151 e. The molecule has 0 fully saturated rings. The molecule has 2 heteroatoms. The van der Waals surface area contributed by atoms with E-state index in [-0.39, 0.29) is 0 Å². The third kappa shape index (κ3) is 4.35. The highest BCUT2D eigenvalue weighted by atomic mass is 16.3. The summed E-state index contributed by atoms with van der Waals surface area (Å²) in [5, 5.41) is 18.6.